The highest BCUT2D eigenvalue weighted by atomic mass is 32.2. The highest BCUT2D eigenvalue weighted by Crippen LogP contribution is 2.30. The monoisotopic (exact) mass is 440 g/mol. The van der Waals surface area contributed by atoms with Crippen LogP contribution in [0.2, 0.25) is 0 Å². The Hall–Kier alpha value is -2.12. The molecule has 0 fully saturated rings. The SMILES string of the molecule is C=CCO[C@H](COc1ccc(C(F)(F)F)cc1)CSc1ccc(OCCC)c(C)c1. The third kappa shape index (κ3) is 7.95. The van der Waals surface area contributed by atoms with Gasteiger partial charge in [-0.1, -0.05) is 13.0 Å². The van der Waals surface area contributed by atoms with Gasteiger partial charge in [0.25, 0.3) is 0 Å². The average Bonchev–Trinajstić information content (AvgIpc) is 2.72. The van der Waals surface area contributed by atoms with E-state index in [2.05, 4.69) is 19.6 Å². The van der Waals surface area contributed by atoms with Crippen molar-refractivity contribution >= 4 is 11.8 Å². The van der Waals surface area contributed by atoms with Crippen molar-refractivity contribution in [2.24, 2.45) is 0 Å². The van der Waals surface area contributed by atoms with Gasteiger partial charge in [0, 0.05) is 10.6 Å². The zero-order chi connectivity index (χ0) is 22.0. The van der Waals surface area contributed by atoms with Crippen LogP contribution < -0.4 is 9.47 Å². The minimum atomic E-state index is -4.36. The lowest BCUT2D eigenvalue weighted by Gasteiger charge is -2.18. The summed E-state index contributed by atoms with van der Waals surface area (Å²) in [6, 6.07) is 10.7. The summed E-state index contributed by atoms with van der Waals surface area (Å²) < 4.78 is 55.1. The van der Waals surface area contributed by atoms with Crippen molar-refractivity contribution in [3.05, 3.63) is 66.2 Å². The van der Waals surface area contributed by atoms with Crippen molar-refractivity contribution < 1.29 is 27.4 Å². The zero-order valence-corrected chi connectivity index (χ0v) is 18.0. The third-order valence-electron chi connectivity index (χ3n) is 4.11. The number of alkyl halides is 3. The topological polar surface area (TPSA) is 27.7 Å². The Kier molecular flexibility index (Phi) is 9.59. The Morgan fingerprint density at radius 2 is 1.83 bits per heavy atom. The smallest absolute Gasteiger partial charge is 0.416 e. The zero-order valence-electron chi connectivity index (χ0n) is 17.2. The van der Waals surface area contributed by atoms with Gasteiger partial charge in [-0.05, 0) is 61.4 Å². The second-order valence-corrected chi connectivity index (χ2v) is 7.76. The van der Waals surface area contributed by atoms with Crippen LogP contribution in [-0.2, 0) is 10.9 Å². The highest BCUT2D eigenvalue weighted by Gasteiger charge is 2.30. The number of hydrogen-bond acceptors (Lipinski definition) is 4. The van der Waals surface area contributed by atoms with Gasteiger partial charge in [-0.15, -0.1) is 18.3 Å². The first-order valence-corrected chi connectivity index (χ1v) is 10.7. The van der Waals surface area contributed by atoms with Crippen molar-refractivity contribution in [2.45, 2.75) is 37.4 Å². The predicted octanol–water partition coefficient (Wildman–Crippen LogP) is 6.54. The molecule has 3 nitrogen and oxygen atoms in total. The molecule has 0 radical (unpaired) electrons. The maximum absolute atomic E-state index is 12.7. The molecule has 7 heteroatoms. The van der Waals surface area contributed by atoms with Crippen molar-refractivity contribution in [3.8, 4) is 11.5 Å². The van der Waals surface area contributed by atoms with Crippen LogP contribution >= 0.6 is 11.8 Å². The van der Waals surface area contributed by atoms with E-state index in [-0.39, 0.29) is 12.7 Å². The maximum Gasteiger partial charge on any atom is 0.416 e. The molecule has 2 aromatic rings. The van der Waals surface area contributed by atoms with Gasteiger partial charge in [0.15, 0.2) is 0 Å². The molecule has 164 valence electrons. The summed E-state index contributed by atoms with van der Waals surface area (Å²) >= 11 is 1.62. The van der Waals surface area contributed by atoms with E-state index in [0.29, 0.717) is 24.7 Å². The molecule has 0 saturated heterocycles. The first kappa shape index (κ1) is 24.2. The minimum Gasteiger partial charge on any atom is -0.493 e. The Labute approximate surface area is 180 Å². The molecule has 0 unspecified atom stereocenters. The highest BCUT2D eigenvalue weighted by molar-refractivity contribution is 7.99. The molecular formula is C23H27F3O3S. The first-order chi connectivity index (χ1) is 14.3. The van der Waals surface area contributed by atoms with Crippen LogP contribution in [0.15, 0.2) is 60.0 Å². The summed E-state index contributed by atoms with van der Waals surface area (Å²) in [6.45, 7) is 9.01. The molecule has 2 rings (SSSR count). The van der Waals surface area contributed by atoms with Crippen LogP contribution in [0.25, 0.3) is 0 Å². The molecule has 0 amide bonds. The predicted molar refractivity (Wildman–Crippen MR) is 115 cm³/mol. The molecule has 0 aliphatic carbocycles. The minimum absolute atomic E-state index is 0.225. The van der Waals surface area contributed by atoms with Crippen molar-refractivity contribution in [3.63, 3.8) is 0 Å². The summed E-state index contributed by atoms with van der Waals surface area (Å²) in [6.07, 6.45) is -2.00. The Bertz CT molecular complexity index is 791. The molecule has 0 spiro atoms. The number of aryl methyl sites for hydroxylation is 1. The Morgan fingerprint density at radius 3 is 2.43 bits per heavy atom. The fourth-order valence-electron chi connectivity index (χ4n) is 2.55. The summed E-state index contributed by atoms with van der Waals surface area (Å²) in [5.74, 6) is 1.88. The largest absolute Gasteiger partial charge is 0.493 e. The van der Waals surface area contributed by atoms with Crippen LogP contribution in [-0.4, -0.2) is 31.7 Å². The van der Waals surface area contributed by atoms with Crippen molar-refractivity contribution in [1.29, 1.82) is 0 Å². The van der Waals surface area contributed by atoms with Gasteiger partial charge >= 0.3 is 6.18 Å². The summed E-state index contributed by atoms with van der Waals surface area (Å²) in [7, 11) is 0. The second-order valence-electron chi connectivity index (χ2n) is 6.66. The Morgan fingerprint density at radius 1 is 1.10 bits per heavy atom. The fourth-order valence-corrected chi connectivity index (χ4v) is 3.55. The molecule has 0 heterocycles. The molecule has 0 aliphatic rings. The summed E-state index contributed by atoms with van der Waals surface area (Å²) in [4.78, 5) is 1.08. The van der Waals surface area contributed by atoms with E-state index in [0.717, 1.165) is 34.8 Å². The molecule has 0 N–H and O–H groups in total. The van der Waals surface area contributed by atoms with E-state index in [9.17, 15) is 13.2 Å². The molecule has 0 aromatic heterocycles. The number of ether oxygens (including phenoxy) is 3. The van der Waals surface area contributed by atoms with E-state index < -0.39 is 11.7 Å². The summed E-state index contributed by atoms with van der Waals surface area (Å²) in [5, 5.41) is 0. The fraction of sp³-hybridized carbons (Fsp3) is 0.391. The number of benzene rings is 2. The van der Waals surface area contributed by atoms with Gasteiger partial charge < -0.3 is 14.2 Å². The van der Waals surface area contributed by atoms with E-state index in [1.807, 2.05) is 19.1 Å². The first-order valence-electron chi connectivity index (χ1n) is 9.72. The van der Waals surface area contributed by atoms with Gasteiger partial charge in [0.2, 0.25) is 0 Å². The van der Waals surface area contributed by atoms with Crippen molar-refractivity contribution in [2.75, 3.05) is 25.6 Å². The van der Waals surface area contributed by atoms with E-state index in [1.165, 1.54) is 12.1 Å². The van der Waals surface area contributed by atoms with Crippen LogP contribution in [0.1, 0.15) is 24.5 Å². The third-order valence-corrected chi connectivity index (χ3v) is 5.24. The molecule has 2 aromatic carbocycles. The number of thioether (sulfide) groups is 1. The normalized spacial score (nSPS) is 12.4. The van der Waals surface area contributed by atoms with Crippen molar-refractivity contribution in [1.82, 2.24) is 0 Å². The molecule has 0 aliphatic heterocycles. The second kappa shape index (κ2) is 11.9. The molecule has 0 saturated carbocycles. The van der Waals surface area contributed by atoms with Crippen LogP contribution in [0.4, 0.5) is 13.2 Å². The van der Waals surface area contributed by atoms with E-state index >= 15 is 0 Å². The van der Waals surface area contributed by atoms with Gasteiger partial charge in [0.05, 0.1) is 18.8 Å². The van der Waals surface area contributed by atoms with Gasteiger partial charge in [-0.3, -0.25) is 0 Å². The number of hydrogen-bond donors (Lipinski definition) is 0. The lowest BCUT2D eigenvalue weighted by atomic mass is 10.2. The number of halogens is 3. The maximum atomic E-state index is 12.7. The van der Waals surface area contributed by atoms with E-state index in [1.54, 1.807) is 17.8 Å². The standard InChI is InChI=1S/C23H27F3O3S/c1-4-12-27-20(15-29-19-8-6-18(7-9-19)23(24,25)26)16-30-21-10-11-22(17(3)14-21)28-13-5-2/h4,6-11,14,20H,1,5,12-13,15-16H2,2-3H3/t20-/m1/s1. The average molecular weight is 441 g/mol. The van der Waals surface area contributed by atoms with Crippen LogP contribution in [0.3, 0.4) is 0 Å². The lowest BCUT2D eigenvalue weighted by Crippen LogP contribution is -2.24. The molecule has 1 atom stereocenters. The van der Waals surface area contributed by atoms with Gasteiger partial charge in [-0.25, -0.2) is 0 Å². The lowest BCUT2D eigenvalue weighted by molar-refractivity contribution is -0.137. The Balaban J connectivity index is 1.92. The quantitative estimate of drug-likeness (QED) is 0.276. The molecule has 30 heavy (non-hydrogen) atoms. The summed E-state index contributed by atoms with van der Waals surface area (Å²) in [5.41, 5.74) is 0.365. The molecule has 0 bridgehead atoms. The van der Waals surface area contributed by atoms with Gasteiger partial charge in [0.1, 0.15) is 24.2 Å². The van der Waals surface area contributed by atoms with E-state index in [4.69, 9.17) is 14.2 Å². The molecular weight excluding hydrogens is 413 g/mol. The van der Waals surface area contributed by atoms with Gasteiger partial charge in [-0.2, -0.15) is 13.2 Å². The van der Waals surface area contributed by atoms with Crippen LogP contribution in [0, 0.1) is 6.92 Å². The van der Waals surface area contributed by atoms with Crippen LogP contribution in [0.5, 0.6) is 11.5 Å². The number of rotatable bonds is 12.